The summed E-state index contributed by atoms with van der Waals surface area (Å²) in [6, 6.07) is 13.0. The predicted octanol–water partition coefficient (Wildman–Crippen LogP) is 3.47. The molecule has 114 valence electrons. The van der Waals surface area contributed by atoms with Crippen molar-refractivity contribution in [3.63, 3.8) is 0 Å². The molecule has 2 rings (SSSR count). The van der Waals surface area contributed by atoms with E-state index >= 15 is 0 Å². The molecule has 22 heavy (non-hydrogen) atoms. The zero-order valence-electron chi connectivity index (χ0n) is 13.3. The highest BCUT2D eigenvalue weighted by molar-refractivity contribution is 6.01. The van der Waals surface area contributed by atoms with Crippen molar-refractivity contribution in [2.24, 2.45) is 5.10 Å². The molecule has 2 aromatic carbocycles. The molecule has 0 radical (unpaired) electrons. The number of hydrogen-bond acceptors (Lipinski definition) is 3. The van der Waals surface area contributed by atoms with Gasteiger partial charge in [0, 0.05) is 11.1 Å². The Labute approximate surface area is 130 Å². The normalized spacial score (nSPS) is 11.2. The number of benzene rings is 2. The van der Waals surface area contributed by atoms with Crippen molar-refractivity contribution in [2.45, 2.75) is 20.8 Å². The van der Waals surface area contributed by atoms with E-state index in [1.807, 2.05) is 26.0 Å². The summed E-state index contributed by atoms with van der Waals surface area (Å²) in [5.74, 6) is 0.471. The number of nitrogens with one attached hydrogen (secondary N) is 1. The van der Waals surface area contributed by atoms with Gasteiger partial charge in [-0.1, -0.05) is 23.8 Å². The molecule has 0 bridgehead atoms. The Morgan fingerprint density at radius 3 is 2.36 bits per heavy atom. The Morgan fingerprint density at radius 2 is 1.77 bits per heavy atom. The number of rotatable bonds is 4. The molecule has 1 amide bonds. The minimum atomic E-state index is -0.244. The molecular formula is C18H20N2O2. The van der Waals surface area contributed by atoms with Gasteiger partial charge in [-0.15, -0.1) is 0 Å². The van der Waals surface area contributed by atoms with Crippen LogP contribution in [-0.2, 0) is 0 Å². The maximum absolute atomic E-state index is 12.1. The van der Waals surface area contributed by atoms with E-state index in [2.05, 4.69) is 23.5 Å². The van der Waals surface area contributed by atoms with Gasteiger partial charge >= 0.3 is 0 Å². The third kappa shape index (κ3) is 3.73. The third-order valence-corrected chi connectivity index (χ3v) is 3.45. The van der Waals surface area contributed by atoms with Crippen LogP contribution in [0.2, 0.25) is 0 Å². The van der Waals surface area contributed by atoms with Gasteiger partial charge in [0.25, 0.3) is 5.91 Å². The van der Waals surface area contributed by atoms with Crippen molar-refractivity contribution in [2.75, 3.05) is 7.11 Å². The van der Waals surface area contributed by atoms with Crippen molar-refractivity contribution in [3.05, 3.63) is 64.7 Å². The van der Waals surface area contributed by atoms with E-state index in [1.165, 1.54) is 5.56 Å². The van der Waals surface area contributed by atoms with E-state index in [9.17, 15) is 4.79 Å². The molecule has 0 saturated carbocycles. The van der Waals surface area contributed by atoms with E-state index in [0.29, 0.717) is 11.3 Å². The van der Waals surface area contributed by atoms with Crippen molar-refractivity contribution in [1.82, 2.24) is 5.43 Å². The fourth-order valence-electron chi connectivity index (χ4n) is 2.22. The monoisotopic (exact) mass is 296 g/mol. The molecule has 0 unspecified atom stereocenters. The molecule has 0 heterocycles. The van der Waals surface area contributed by atoms with Gasteiger partial charge in [-0.3, -0.25) is 4.79 Å². The van der Waals surface area contributed by atoms with Crippen LogP contribution in [0.1, 0.15) is 34.0 Å². The first kappa shape index (κ1) is 15.8. The molecule has 0 aromatic heterocycles. The molecule has 2 aromatic rings. The van der Waals surface area contributed by atoms with Gasteiger partial charge in [-0.05, 0) is 50.6 Å². The van der Waals surface area contributed by atoms with Crippen molar-refractivity contribution < 1.29 is 9.53 Å². The summed E-state index contributed by atoms with van der Waals surface area (Å²) in [7, 11) is 1.59. The number of carbonyl (C=O) groups is 1. The first-order valence-electron chi connectivity index (χ1n) is 7.07. The van der Waals surface area contributed by atoms with Gasteiger partial charge in [-0.2, -0.15) is 5.10 Å². The Hall–Kier alpha value is -2.62. The number of hydrazone groups is 1. The lowest BCUT2D eigenvalue weighted by atomic mass is 10.0. The summed E-state index contributed by atoms with van der Waals surface area (Å²) in [4.78, 5) is 12.1. The van der Waals surface area contributed by atoms with Crippen LogP contribution < -0.4 is 10.2 Å². The summed E-state index contributed by atoms with van der Waals surface area (Å²) in [6.45, 7) is 5.97. The number of amides is 1. The quantitative estimate of drug-likeness (QED) is 0.694. The molecule has 4 heteroatoms. The maximum atomic E-state index is 12.1. The van der Waals surface area contributed by atoms with Gasteiger partial charge in [0.1, 0.15) is 5.75 Å². The fraction of sp³-hybridized carbons (Fsp3) is 0.222. The fourth-order valence-corrected chi connectivity index (χ4v) is 2.22. The van der Waals surface area contributed by atoms with E-state index in [0.717, 1.165) is 16.8 Å². The minimum absolute atomic E-state index is 0.244. The second-order valence-electron chi connectivity index (χ2n) is 5.19. The number of methoxy groups -OCH3 is 1. The van der Waals surface area contributed by atoms with E-state index in [-0.39, 0.29) is 5.91 Å². The molecule has 0 atom stereocenters. The van der Waals surface area contributed by atoms with Crippen molar-refractivity contribution in [3.8, 4) is 5.75 Å². The summed E-state index contributed by atoms with van der Waals surface area (Å²) < 4.78 is 5.07. The van der Waals surface area contributed by atoms with Crippen LogP contribution in [0.5, 0.6) is 5.75 Å². The predicted molar refractivity (Wildman–Crippen MR) is 88.6 cm³/mol. The Morgan fingerprint density at radius 1 is 1.09 bits per heavy atom. The molecule has 0 aliphatic carbocycles. The molecule has 1 N–H and O–H groups in total. The van der Waals surface area contributed by atoms with Gasteiger partial charge in [0.05, 0.1) is 12.8 Å². The van der Waals surface area contributed by atoms with Gasteiger partial charge in [0.2, 0.25) is 0 Å². The summed E-state index contributed by atoms with van der Waals surface area (Å²) in [5.41, 5.74) is 7.27. The topological polar surface area (TPSA) is 50.7 Å². The third-order valence-electron chi connectivity index (χ3n) is 3.45. The first-order valence-corrected chi connectivity index (χ1v) is 7.07. The highest BCUT2D eigenvalue weighted by Gasteiger charge is 2.06. The highest BCUT2D eigenvalue weighted by Crippen LogP contribution is 2.12. The number of hydrogen-bond donors (Lipinski definition) is 1. The molecule has 0 aliphatic heterocycles. The van der Waals surface area contributed by atoms with Crippen LogP contribution in [0.3, 0.4) is 0 Å². The second kappa shape index (κ2) is 6.89. The van der Waals surface area contributed by atoms with E-state index < -0.39 is 0 Å². The van der Waals surface area contributed by atoms with Crippen LogP contribution >= 0.6 is 0 Å². The Bertz CT molecular complexity index is 704. The first-order chi connectivity index (χ1) is 10.5. The second-order valence-corrected chi connectivity index (χ2v) is 5.19. The number of aryl methyl sites for hydroxylation is 2. The van der Waals surface area contributed by atoms with Gasteiger partial charge < -0.3 is 4.74 Å². The number of ether oxygens (including phenoxy) is 1. The Kier molecular flexibility index (Phi) is 4.94. The number of nitrogens with zero attached hydrogens (tertiary/aromatic N) is 1. The molecular weight excluding hydrogens is 276 g/mol. The van der Waals surface area contributed by atoms with Crippen LogP contribution in [0.15, 0.2) is 47.6 Å². The zero-order valence-corrected chi connectivity index (χ0v) is 13.3. The SMILES string of the molecule is COc1ccc(C(=O)N/N=C(\C)c2ccc(C)cc2C)cc1. The van der Waals surface area contributed by atoms with Crippen LogP contribution in [-0.4, -0.2) is 18.7 Å². The molecule has 0 aliphatic rings. The number of carbonyl (C=O) groups excluding carboxylic acids is 1. The Balaban J connectivity index is 2.10. The van der Waals surface area contributed by atoms with Crippen LogP contribution in [0.4, 0.5) is 0 Å². The lowest BCUT2D eigenvalue weighted by Crippen LogP contribution is -2.19. The van der Waals surface area contributed by atoms with Gasteiger partial charge in [-0.25, -0.2) is 5.43 Å². The van der Waals surface area contributed by atoms with Crippen molar-refractivity contribution >= 4 is 11.6 Å². The van der Waals surface area contributed by atoms with Crippen LogP contribution in [0, 0.1) is 13.8 Å². The summed E-state index contributed by atoms with van der Waals surface area (Å²) >= 11 is 0. The summed E-state index contributed by atoms with van der Waals surface area (Å²) in [5, 5.41) is 4.19. The highest BCUT2D eigenvalue weighted by atomic mass is 16.5. The summed E-state index contributed by atoms with van der Waals surface area (Å²) in [6.07, 6.45) is 0. The average Bonchev–Trinajstić information content (AvgIpc) is 2.52. The average molecular weight is 296 g/mol. The molecule has 4 nitrogen and oxygen atoms in total. The smallest absolute Gasteiger partial charge is 0.271 e. The minimum Gasteiger partial charge on any atom is -0.497 e. The van der Waals surface area contributed by atoms with Gasteiger partial charge in [0.15, 0.2) is 0 Å². The largest absolute Gasteiger partial charge is 0.497 e. The molecule has 0 spiro atoms. The molecule has 0 saturated heterocycles. The van der Waals surface area contributed by atoms with E-state index in [4.69, 9.17) is 4.74 Å². The zero-order chi connectivity index (χ0) is 16.1. The standard InChI is InChI=1S/C18H20N2O2/c1-12-5-10-17(13(2)11-12)14(3)19-20-18(21)15-6-8-16(22-4)9-7-15/h5-11H,1-4H3,(H,20,21)/b19-14+. The lowest BCUT2D eigenvalue weighted by Gasteiger charge is -2.07. The lowest BCUT2D eigenvalue weighted by molar-refractivity contribution is 0.0955. The van der Waals surface area contributed by atoms with Crippen LogP contribution in [0.25, 0.3) is 0 Å². The molecule has 0 fully saturated rings. The maximum Gasteiger partial charge on any atom is 0.271 e. The van der Waals surface area contributed by atoms with Crippen molar-refractivity contribution in [1.29, 1.82) is 0 Å². The van der Waals surface area contributed by atoms with E-state index in [1.54, 1.807) is 31.4 Å².